The second-order valence-electron chi connectivity index (χ2n) is 4.25. The first-order chi connectivity index (χ1) is 8.47. The molecule has 0 spiro atoms. The molecule has 0 aliphatic carbocycles. The Kier molecular flexibility index (Phi) is 6.01. The Labute approximate surface area is 117 Å². The Balaban J connectivity index is 2.32. The number of carbonyl (C=O) groups excluding carboxylic acids is 1. The Morgan fingerprint density at radius 2 is 2.28 bits per heavy atom. The maximum Gasteiger partial charge on any atom is 0.217 e. The Hall–Kier alpha value is -1.20. The summed E-state index contributed by atoms with van der Waals surface area (Å²) in [5, 5.41) is 3.59. The van der Waals surface area contributed by atoms with E-state index in [0.29, 0.717) is 24.5 Å². The number of hydrogen-bond acceptors (Lipinski definition) is 3. The first kappa shape index (κ1) is 14.9. The fraction of sp³-hybridized carbons (Fsp3) is 0.417. The summed E-state index contributed by atoms with van der Waals surface area (Å²) in [6.07, 6.45) is 2.70. The van der Waals surface area contributed by atoms with Gasteiger partial charge < -0.3 is 11.1 Å². The molecule has 0 saturated heterocycles. The van der Waals surface area contributed by atoms with Gasteiger partial charge >= 0.3 is 0 Å². The highest BCUT2D eigenvalue weighted by Crippen LogP contribution is 2.08. The summed E-state index contributed by atoms with van der Waals surface area (Å²) in [5.41, 5.74) is 6.13. The molecule has 18 heavy (non-hydrogen) atoms. The van der Waals surface area contributed by atoms with Crippen LogP contribution in [0.1, 0.15) is 25.3 Å². The number of nitrogens with two attached hydrogens (primary N) is 1. The molecule has 3 N–H and O–H groups in total. The van der Waals surface area contributed by atoms with Crippen molar-refractivity contribution in [3.8, 4) is 0 Å². The second-order valence-corrected chi connectivity index (χ2v) is 5.13. The third-order valence-electron chi connectivity index (χ3n) is 2.36. The van der Waals surface area contributed by atoms with Crippen LogP contribution in [-0.2, 0) is 11.3 Å². The van der Waals surface area contributed by atoms with E-state index in [1.54, 1.807) is 12.3 Å². The number of hydrogen-bond donors (Lipinski definition) is 2. The van der Waals surface area contributed by atoms with E-state index in [0.717, 1.165) is 10.6 Å². The predicted molar refractivity (Wildman–Crippen MR) is 76.3 cm³/mol. The first-order valence-corrected chi connectivity index (χ1v) is 6.41. The molecule has 6 heteroatoms. The van der Waals surface area contributed by atoms with Crippen LogP contribution < -0.4 is 11.1 Å². The smallest absolute Gasteiger partial charge is 0.217 e. The highest BCUT2D eigenvalue weighted by atomic mass is 35.5. The largest absolute Gasteiger partial charge is 0.376 e. The van der Waals surface area contributed by atoms with Gasteiger partial charge in [-0.05, 0) is 17.5 Å². The third-order valence-corrected chi connectivity index (χ3v) is 2.90. The molecule has 1 rings (SSSR count). The van der Waals surface area contributed by atoms with Gasteiger partial charge in [-0.25, -0.2) is 4.98 Å². The molecule has 1 heterocycles. The van der Waals surface area contributed by atoms with Crippen LogP contribution in [0.15, 0.2) is 18.3 Å². The van der Waals surface area contributed by atoms with Crippen molar-refractivity contribution in [3.05, 3.63) is 29.0 Å². The van der Waals surface area contributed by atoms with Crippen molar-refractivity contribution in [3.63, 3.8) is 0 Å². The zero-order valence-corrected chi connectivity index (χ0v) is 11.7. The fourth-order valence-electron chi connectivity index (χ4n) is 1.52. The number of nitrogens with zero attached hydrogens (tertiary/aromatic N) is 1. The average molecular weight is 286 g/mol. The lowest BCUT2D eigenvalue weighted by molar-refractivity contribution is -0.118. The number of carbonyl (C=O) groups is 1. The maximum atomic E-state index is 10.7. The molecule has 98 valence electrons. The van der Waals surface area contributed by atoms with Crippen molar-refractivity contribution < 1.29 is 4.79 Å². The molecule has 0 radical (unpaired) electrons. The predicted octanol–water partition coefficient (Wildman–Crippen LogP) is 2.05. The van der Waals surface area contributed by atoms with E-state index in [1.807, 2.05) is 13.0 Å². The molecule has 4 nitrogen and oxygen atoms in total. The minimum absolute atomic E-state index is 0.158. The molecule has 1 amide bonds. The number of rotatable bonds is 6. The number of amides is 1. The average Bonchev–Trinajstić information content (AvgIpc) is 2.27. The van der Waals surface area contributed by atoms with Crippen molar-refractivity contribution in [2.45, 2.75) is 26.3 Å². The highest BCUT2D eigenvalue weighted by molar-refractivity contribution is 7.80. The van der Waals surface area contributed by atoms with Crippen LogP contribution in [0.2, 0.25) is 5.15 Å². The number of halogens is 1. The Morgan fingerprint density at radius 1 is 1.56 bits per heavy atom. The summed E-state index contributed by atoms with van der Waals surface area (Å²) >= 11 is 10.9. The van der Waals surface area contributed by atoms with Gasteiger partial charge in [0.15, 0.2) is 0 Å². The van der Waals surface area contributed by atoms with Crippen LogP contribution in [0.25, 0.3) is 0 Å². The lowest BCUT2D eigenvalue weighted by Gasteiger charge is -2.12. The maximum absolute atomic E-state index is 10.7. The fourth-order valence-corrected chi connectivity index (χ4v) is 1.98. The SMILES string of the molecule is C[C@H](CC(N)=O)CC(=S)NCc1ccc(Cl)nc1. The van der Waals surface area contributed by atoms with E-state index >= 15 is 0 Å². The van der Waals surface area contributed by atoms with Gasteiger partial charge in [0.05, 0.1) is 4.99 Å². The lowest BCUT2D eigenvalue weighted by Crippen LogP contribution is -2.24. The van der Waals surface area contributed by atoms with Gasteiger partial charge in [-0.2, -0.15) is 0 Å². The van der Waals surface area contributed by atoms with Crippen LogP contribution in [-0.4, -0.2) is 15.9 Å². The van der Waals surface area contributed by atoms with Gasteiger partial charge in [0.1, 0.15) is 5.15 Å². The first-order valence-electron chi connectivity index (χ1n) is 5.63. The molecular formula is C12H16ClN3OS. The topological polar surface area (TPSA) is 68.0 Å². The Bertz CT molecular complexity index is 422. The molecule has 1 aromatic rings. The normalized spacial score (nSPS) is 11.9. The molecule has 1 atom stereocenters. The summed E-state index contributed by atoms with van der Waals surface area (Å²) in [5.74, 6) is -0.141. The van der Waals surface area contributed by atoms with Crippen molar-refractivity contribution in [2.24, 2.45) is 11.7 Å². The summed E-state index contributed by atoms with van der Waals surface area (Å²) in [4.78, 5) is 15.4. The van der Waals surface area contributed by atoms with E-state index < -0.39 is 0 Å². The van der Waals surface area contributed by atoms with Crippen LogP contribution in [0.4, 0.5) is 0 Å². The third kappa shape index (κ3) is 5.93. The monoisotopic (exact) mass is 285 g/mol. The molecule has 0 unspecified atom stereocenters. The number of thiocarbonyl (C=S) groups is 1. The van der Waals surface area contributed by atoms with E-state index in [1.165, 1.54) is 0 Å². The molecule has 0 fully saturated rings. The van der Waals surface area contributed by atoms with E-state index in [9.17, 15) is 4.79 Å². The van der Waals surface area contributed by atoms with Crippen LogP contribution in [0.5, 0.6) is 0 Å². The molecule has 0 aromatic carbocycles. The molecule has 0 bridgehead atoms. The van der Waals surface area contributed by atoms with Gasteiger partial charge in [0.2, 0.25) is 5.91 Å². The summed E-state index contributed by atoms with van der Waals surface area (Å²) in [7, 11) is 0. The van der Waals surface area contributed by atoms with Crippen molar-refractivity contribution >= 4 is 34.7 Å². The minimum Gasteiger partial charge on any atom is -0.376 e. The lowest BCUT2D eigenvalue weighted by atomic mass is 10.0. The van der Waals surface area contributed by atoms with Gasteiger partial charge in [-0.3, -0.25) is 4.79 Å². The van der Waals surface area contributed by atoms with Gasteiger partial charge in [-0.15, -0.1) is 0 Å². The Morgan fingerprint density at radius 3 is 2.83 bits per heavy atom. The van der Waals surface area contributed by atoms with Gasteiger partial charge in [0, 0.05) is 25.6 Å². The number of nitrogens with one attached hydrogen (secondary N) is 1. The van der Waals surface area contributed by atoms with Gasteiger partial charge in [0.25, 0.3) is 0 Å². The van der Waals surface area contributed by atoms with Crippen LogP contribution >= 0.6 is 23.8 Å². The highest BCUT2D eigenvalue weighted by Gasteiger charge is 2.08. The number of pyridine rings is 1. The van der Waals surface area contributed by atoms with E-state index in [4.69, 9.17) is 29.6 Å². The molecule has 0 saturated carbocycles. The zero-order chi connectivity index (χ0) is 13.5. The van der Waals surface area contributed by atoms with E-state index in [-0.39, 0.29) is 11.8 Å². The van der Waals surface area contributed by atoms with Gasteiger partial charge in [-0.1, -0.05) is 36.8 Å². The summed E-state index contributed by atoms with van der Waals surface area (Å²) in [6, 6.07) is 3.62. The molecule has 0 aliphatic rings. The number of primary amides is 1. The molecule has 1 aromatic heterocycles. The van der Waals surface area contributed by atoms with Crippen molar-refractivity contribution in [1.82, 2.24) is 10.3 Å². The zero-order valence-electron chi connectivity index (χ0n) is 10.1. The molecular weight excluding hydrogens is 270 g/mol. The van der Waals surface area contributed by atoms with E-state index in [2.05, 4.69) is 10.3 Å². The molecule has 0 aliphatic heterocycles. The quantitative estimate of drug-likeness (QED) is 0.620. The number of aromatic nitrogens is 1. The van der Waals surface area contributed by atoms with Crippen molar-refractivity contribution in [2.75, 3.05) is 0 Å². The minimum atomic E-state index is -0.299. The summed E-state index contributed by atoms with van der Waals surface area (Å²) < 4.78 is 0. The van der Waals surface area contributed by atoms with Crippen LogP contribution in [0, 0.1) is 5.92 Å². The summed E-state index contributed by atoms with van der Waals surface area (Å²) in [6.45, 7) is 2.55. The van der Waals surface area contributed by atoms with Crippen LogP contribution in [0.3, 0.4) is 0 Å². The van der Waals surface area contributed by atoms with Crippen molar-refractivity contribution in [1.29, 1.82) is 0 Å². The standard InChI is InChI=1S/C12H16ClN3OS/c1-8(4-11(14)17)5-12(18)16-7-9-2-3-10(13)15-6-9/h2-3,6,8H,4-5,7H2,1H3,(H2,14,17)(H,16,18)/t8-/m1/s1. The second kappa shape index (κ2) is 7.28.